The van der Waals surface area contributed by atoms with Crippen molar-refractivity contribution in [3.63, 3.8) is 0 Å². The third-order valence-electron chi connectivity index (χ3n) is 5.15. The summed E-state index contributed by atoms with van der Waals surface area (Å²) in [6.07, 6.45) is 3.99. The van der Waals surface area contributed by atoms with E-state index >= 15 is 0 Å². The van der Waals surface area contributed by atoms with E-state index in [1.165, 1.54) is 11.1 Å². The fraction of sp³-hybridized carbons (Fsp3) is 0.478. The molecular formula is C23H32N4O3. The summed E-state index contributed by atoms with van der Waals surface area (Å²) in [6.45, 7) is 7.04. The zero-order valence-corrected chi connectivity index (χ0v) is 17.9. The number of carbonyl (C=O) groups excluding carboxylic acids is 1. The number of hydrogen-bond donors (Lipinski definition) is 2. The van der Waals surface area contributed by atoms with Gasteiger partial charge in [0.25, 0.3) is 0 Å². The molecule has 1 fully saturated rings. The van der Waals surface area contributed by atoms with Crippen LogP contribution in [0.5, 0.6) is 0 Å². The van der Waals surface area contributed by atoms with Gasteiger partial charge in [0.2, 0.25) is 0 Å². The minimum atomic E-state index is -0.221. The van der Waals surface area contributed by atoms with Gasteiger partial charge >= 0.3 is 6.09 Å². The highest BCUT2D eigenvalue weighted by Gasteiger charge is 2.24. The highest BCUT2D eigenvalue weighted by atomic mass is 16.6. The lowest BCUT2D eigenvalue weighted by Crippen LogP contribution is -2.50. The monoisotopic (exact) mass is 412 g/mol. The first-order valence-electron chi connectivity index (χ1n) is 10.7. The Bertz CT molecular complexity index is 794. The number of benzene rings is 1. The summed E-state index contributed by atoms with van der Waals surface area (Å²) in [6, 6.07) is 12.6. The van der Waals surface area contributed by atoms with Crippen molar-refractivity contribution in [3.8, 4) is 0 Å². The van der Waals surface area contributed by atoms with Gasteiger partial charge in [-0.1, -0.05) is 29.8 Å². The molecule has 2 aromatic rings. The van der Waals surface area contributed by atoms with Crippen LogP contribution in [0.3, 0.4) is 0 Å². The second-order valence-electron chi connectivity index (χ2n) is 7.51. The number of nitrogens with one attached hydrogen (secondary N) is 2. The van der Waals surface area contributed by atoms with Crippen LogP contribution in [-0.4, -0.2) is 49.2 Å². The SMILES string of the molecule is CCOC(=O)N1CCC(NC(=NCc2ccc(C)cc2)NCCc2ccco2)CC1. The smallest absolute Gasteiger partial charge is 0.409 e. The van der Waals surface area contributed by atoms with Crippen molar-refractivity contribution in [2.75, 3.05) is 26.2 Å². The molecule has 1 aromatic heterocycles. The Morgan fingerprint density at radius 1 is 1.23 bits per heavy atom. The lowest BCUT2D eigenvalue weighted by Gasteiger charge is -2.32. The summed E-state index contributed by atoms with van der Waals surface area (Å²) < 4.78 is 10.5. The summed E-state index contributed by atoms with van der Waals surface area (Å²) in [5.74, 6) is 1.74. The zero-order valence-electron chi connectivity index (χ0n) is 17.9. The average molecular weight is 413 g/mol. The lowest BCUT2D eigenvalue weighted by atomic mass is 10.1. The molecule has 7 heteroatoms. The van der Waals surface area contributed by atoms with Crippen molar-refractivity contribution < 1.29 is 13.9 Å². The second-order valence-corrected chi connectivity index (χ2v) is 7.51. The fourth-order valence-corrected chi connectivity index (χ4v) is 3.39. The highest BCUT2D eigenvalue weighted by Crippen LogP contribution is 2.12. The number of guanidine groups is 1. The summed E-state index contributed by atoms with van der Waals surface area (Å²) in [7, 11) is 0. The van der Waals surface area contributed by atoms with Gasteiger partial charge in [-0.2, -0.15) is 0 Å². The first-order valence-corrected chi connectivity index (χ1v) is 10.7. The van der Waals surface area contributed by atoms with Gasteiger partial charge in [-0.05, 0) is 44.4 Å². The second kappa shape index (κ2) is 11.3. The first kappa shape index (κ1) is 21.7. The number of carbonyl (C=O) groups is 1. The molecule has 2 heterocycles. The Kier molecular flexibility index (Phi) is 8.18. The maximum absolute atomic E-state index is 11.9. The first-order chi connectivity index (χ1) is 14.6. The van der Waals surface area contributed by atoms with Crippen LogP contribution in [0.15, 0.2) is 52.1 Å². The molecule has 0 unspecified atom stereocenters. The molecular weight excluding hydrogens is 380 g/mol. The van der Waals surface area contributed by atoms with E-state index in [0.29, 0.717) is 26.2 Å². The highest BCUT2D eigenvalue weighted by molar-refractivity contribution is 5.80. The molecule has 0 aliphatic carbocycles. The van der Waals surface area contributed by atoms with E-state index in [1.807, 2.05) is 19.1 Å². The van der Waals surface area contributed by atoms with Crippen LogP contribution < -0.4 is 10.6 Å². The third-order valence-corrected chi connectivity index (χ3v) is 5.15. The molecule has 1 aliphatic rings. The van der Waals surface area contributed by atoms with Crippen LogP contribution in [0.1, 0.15) is 36.7 Å². The molecule has 0 atom stereocenters. The summed E-state index contributed by atoms with van der Waals surface area (Å²) in [4.78, 5) is 18.5. The van der Waals surface area contributed by atoms with Crippen molar-refractivity contribution in [3.05, 3.63) is 59.5 Å². The number of aryl methyl sites for hydroxylation is 1. The zero-order chi connectivity index (χ0) is 21.2. The minimum absolute atomic E-state index is 0.221. The lowest BCUT2D eigenvalue weighted by molar-refractivity contribution is 0.0963. The van der Waals surface area contributed by atoms with E-state index in [2.05, 4.69) is 41.8 Å². The normalized spacial score (nSPS) is 15.1. The quantitative estimate of drug-likeness (QED) is 0.538. The molecule has 2 N–H and O–H groups in total. The molecule has 1 amide bonds. The van der Waals surface area contributed by atoms with Crippen LogP contribution in [0.2, 0.25) is 0 Å². The van der Waals surface area contributed by atoms with Crippen LogP contribution in [0, 0.1) is 6.92 Å². The maximum atomic E-state index is 11.9. The Morgan fingerprint density at radius 3 is 2.67 bits per heavy atom. The topological polar surface area (TPSA) is 79.1 Å². The van der Waals surface area contributed by atoms with E-state index in [9.17, 15) is 4.79 Å². The molecule has 30 heavy (non-hydrogen) atoms. The molecule has 7 nitrogen and oxygen atoms in total. The van der Waals surface area contributed by atoms with Crippen LogP contribution in [0.4, 0.5) is 4.79 Å². The van der Waals surface area contributed by atoms with E-state index < -0.39 is 0 Å². The van der Waals surface area contributed by atoms with Gasteiger partial charge < -0.3 is 24.7 Å². The Balaban J connectivity index is 1.55. The molecule has 1 saturated heterocycles. The Labute approximate surface area is 178 Å². The molecule has 0 bridgehead atoms. The molecule has 0 radical (unpaired) electrons. The van der Waals surface area contributed by atoms with Crippen LogP contribution >= 0.6 is 0 Å². The van der Waals surface area contributed by atoms with E-state index in [0.717, 1.165) is 37.5 Å². The van der Waals surface area contributed by atoms with E-state index in [-0.39, 0.29) is 12.1 Å². The van der Waals surface area contributed by atoms with Gasteiger partial charge in [-0.15, -0.1) is 0 Å². The fourth-order valence-electron chi connectivity index (χ4n) is 3.39. The Morgan fingerprint density at radius 2 is 2.00 bits per heavy atom. The van der Waals surface area contributed by atoms with Crippen molar-refractivity contribution in [2.24, 2.45) is 4.99 Å². The summed E-state index contributed by atoms with van der Waals surface area (Å²) in [5.41, 5.74) is 2.41. The summed E-state index contributed by atoms with van der Waals surface area (Å²) in [5, 5.41) is 6.95. The van der Waals surface area contributed by atoms with Crippen LogP contribution in [-0.2, 0) is 17.7 Å². The number of rotatable bonds is 7. The number of piperidine rings is 1. The largest absolute Gasteiger partial charge is 0.469 e. The summed E-state index contributed by atoms with van der Waals surface area (Å²) >= 11 is 0. The van der Waals surface area contributed by atoms with Crippen molar-refractivity contribution in [2.45, 2.75) is 45.7 Å². The van der Waals surface area contributed by atoms with Crippen molar-refractivity contribution in [1.29, 1.82) is 0 Å². The third kappa shape index (κ3) is 6.83. The predicted molar refractivity (Wildman–Crippen MR) is 117 cm³/mol. The number of furan rings is 1. The minimum Gasteiger partial charge on any atom is -0.469 e. The number of ether oxygens (including phenoxy) is 1. The Hall–Kier alpha value is -2.96. The molecule has 0 saturated carbocycles. The number of nitrogens with zero attached hydrogens (tertiary/aromatic N) is 2. The number of aliphatic imine (C=N–C) groups is 1. The molecule has 1 aliphatic heterocycles. The molecule has 1 aromatic carbocycles. The van der Waals surface area contributed by atoms with Gasteiger partial charge in [-0.25, -0.2) is 9.79 Å². The van der Waals surface area contributed by atoms with Crippen molar-refractivity contribution in [1.82, 2.24) is 15.5 Å². The van der Waals surface area contributed by atoms with E-state index in [4.69, 9.17) is 14.1 Å². The predicted octanol–water partition coefficient (Wildman–Crippen LogP) is 3.49. The number of amides is 1. The van der Waals surface area contributed by atoms with Crippen molar-refractivity contribution >= 4 is 12.1 Å². The van der Waals surface area contributed by atoms with Gasteiger partial charge in [0.15, 0.2) is 5.96 Å². The standard InChI is InChI=1S/C23H32N4O3/c1-3-29-23(28)27-14-11-20(12-15-27)26-22(24-13-10-21-5-4-16-30-21)25-17-19-8-6-18(2)7-9-19/h4-9,16,20H,3,10-15,17H2,1-2H3,(H2,24,25,26). The number of hydrogen-bond acceptors (Lipinski definition) is 4. The van der Waals surface area contributed by atoms with Gasteiger partial charge in [0.1, 0.15) is 5.76 Å². The molecule has 3 rings (SSSR count). The molecule has 162 valence electrons. The average Bonchev–Trinajstić information content (AvgIpc) is 3.27. The van der Waals surface area contributed by atoms with E-state index in [1.54, 1.807) is 11.2 Å². The molecule has 0 spiro atoms. The number of likely N-dealkylation sites (tertiary alicyclic amines) is 1. The van der Waals surface area contributed by atoms with Gasteiger partial charge in [0.05, 0.1) is 19.4 Å². The maximum Gasteiger partial charge on any atom is 0.409 e. The van der Waals surface area contributed by atoms with Crippen LogP contribution in [0.25, 0.3) is 0 Å². The van der Waals surface area contributed by atoms with Gasteiger partial charge in [0, 0.05) is 32.1 Å². The van der Waals surface area contributed by atoms with Gasteiger partial charge in [-0.3, -0.25) is 0 Å².